The van der Waals surface area contributed by atoms with Crippen LogP contribution in [0.3, 0.4) is 0 Å². The van der Waals surface area contributed by atoms with Crippen LogP contribution in [0.5, 0.6) is 0 Å². The molecule has 0 spiro atoms. The molecule has 1 aromatic heterocycles. The summed E-state index contributed by atoms with van der Waals surface area (Å²) in [5, 5.41) is 8.15. The lowest BCUT2D eigenvalue weighted by Gasteiger charge is -2.09. The van der Waals surface area contributed by atoms with Crippen LogP contribution in [-0.2, 0) is 0 Å². The minimum Gasteiger partial charge on any atom is -0.323 e. The predicted molar refractivity (Wildman–Crippen MR) is 71.1 cm³/mol. The second-order valence-corrected chi connectivity index (χ2v) is 5.17. The quantitative estimate of drug-likeness (QED) is 0.927. The van der Waals surface area contributed by atoms with Crippen molar-refractivity contribution < 1.29 is 4.39 Å². The van der Waals surface area contributed by atoms with E-state index in [2.05, 4.69) is 26.2 Å². The van der Waals surface area contributed by atoms with Crippen molar-refractivity contribution >= 4 is 15.9 Å². The molecule has 96 valence electrons. The molecule has 18 heavy (non-hydrogen) atoms. The first-order valence-corrected chi connectivity index (χ1v) is 6.35. The molecule has 6 heteroatoms. The van der Waals surface area contributed by atoms with E-state index < -0.39 is 0 Å². The molecule has 0 amide bonds. The number of nitrogens with two attached hydrogens (primary N) is 1. The number of halogens is 2. The minimum atomic E-state index is -0.290. The van der Waals surface area contributed by atoms with E-state index in [1.54, 1.807) is 10.7 Å². The lowest BCUT2D eigenvalue weighted by Crippen LogP contribution is -2.08. The normalized spacial score (nSPS) is 12.8. The van der Waals surface area contributed by atoms with Crippen molar-refractivity contribution in [3.05, 3.63) is 39.4 Å². The van der Waals surface area contributed by atoms with Gasteiger partial charge in [0.05, 0.1) is 15.9 Å². The Labute approximate surface area is 113 Å². The Morgan fingerprint density at radius 3 is 2.61 bits per heavy atom. The van der Waals surface area contributed by atoms with E-state index in [1.165, 1.54) is 6.07 Å². The van der Waals surface area contributed by atoms with Crippen LogP contribution in [0.2, 0.25) is 0 Å². The van der Waals surface area contributed by atoms with Crippen LogP contribution in [0.25, 0.3) is 5.69 Å². The van der Waals surface area contributed by atoms with Crippen LogP contribution in [0, 0.1) is 19.7 Å². The number of rotatable bonds is 2. The van der Waals surface area contributed by atoms with E-state index in [0.29, 0.717) is 4.47 Å². The summed E-state index contributed by atoms with van der Waals surface area (Å²) in [6.45, 7) is 5.59. The molecule has 0 aliphatic carbocycles. The smallest absolute Gasteiger partial charge is 0.137 e. The first-order valence-electron chi connectivity index (χ1n) is 5.55. The van der Waals surface area contributed by atoms with Crippen LogP contribution < -0.4 is 5.73 Å². The summed E-state index contributed by atoms with van der Waals surface area (Å²) < 4.78 is 15.5. The molecule has 0 radical (unpaired) electrons. The molecule has 2 rings (SSSR count). The van der Waals surface area contributed by atoms with E-state index in [-0.39, 0.29) is 11.9 Å². The maximum absolute atomic E-state index is 13.4. The largest absolute Gasteiger partial charge is 0.323 e. The highest BCUT2D eigenvalue weighted by Crippen LogP contribution is 2.25. The van der Waals surface area contributed by atoms with E-state index in [4.69, 9.17) is 5.73 Å². The standard InChI is InChI=1S/C12H14BrFN4/c1-6-4-10(14)9(13)5-11(6)18-8(3)12(7(2)15)16-17-18/h4-5,7H,15H2,1-3H3. The van der Waals surface area contributed by atoms with E-state index in [9.17, 15) is 4.39 Å². The van der Waals surface area contributed by atoms with Crippen LogP contribution in [0.15, 0.2) is 16.6 Å². The van der Waals surface area contributed by atoms with Gasteiger partial charge >= 0.3 is 0 Å². The van der Waals surface area contributed by atoms with Gasteiger partial charge in [0.15, 0.2) is 0 Å². The molecule has 0 aliphatic heterocycles. The zero-order chi connectivity index (χ0) is 13.4. The van der Waals surface area contributed by atoms with Gasteiger partial charge in [-0.15, -0.1) is 5.10 Å². The number of benzene rings is 1. The van der Waals surface area contributed by atoms with Gasteiger partial charge in [0, 0.05) is 6.04 Å². The third-order valence-corrected chi connectivity index (χ3v) is 3.44. The summed E-state index contributed by atoms with van der Waals surface area (Å²) in [5.74, 6) is -0.290. The van der Waals surface area contributed by atoms with Gasteiger partial charge in [-0.3, -0.25) is 0 Å². The lowest BCUT2D eigenvalue weighted by atomic mass is 10.1. The Morgan fingerprint density at radius 2 is 2.06 bits per heavy atom. The van der Waals surface area contributed by atoms with Crippen LogP contribution in [-0.4, -0.2) is 15.0 Å². The van der Waals surface area contributed by atoms with Gasteiger partial charge in [-0.25, -0.2) is 9.07 Å². The Bertz CT molecular complexity index is 592. The van der Waals surface area contributed by atoms with Gasteiger partial charge in [-0.05, 0) is 54.4 Å². The Balaban J connectivity index is 2.59. The average molecular weight is 313 g/mol. The minimum absolute atomic E-state index is 0.178. The highest BCUT2D eigenvalue weighted by Gasteiger charge is 2.15. The molecule has 1 aromatic carbocycles. The molecule has 2 N–H and O–H groups in total. The maximum atomic E-state index is 13.4. The van der Waals surface area contributed by atoms with Gasteiger partial charge in [-0.1, -0.05) is 5.21 Å². The average Bonchev–Trinajstić information content (AvgIpc) is 2.66. The highest BCUT2D eigenvalue weighted by molar-refractivity contribution is 9.10. The van der Waals surface area contributed by atoms with Crippen LogP contribution in [0.1, 0.15) is 29.9 Å². The van der Waals surface area contributed by atoms with E-state index >= 15 is 0 Å². The van der Waals surface area contributed by atoms with Crippen molar-refractivity contribution in [3.63, 3.8) is 0 Å². The van der Waals surface area contributed by atoms with Gasteiger partial charge in [0.2, 0.25) is 0 Å². The number of hydrogen-bond donors (Lipinski definition) is 1. The molecule has 4 nitrogen and oxygen atoms in total. The molecule has 1 unspecified atom stereocenters. The van der Waals surface area contributed by atoms with Gasteiger partial charge in [0.25, 0.3) is 0 Å². The van der Waals surface area contributed by atoms with Crippen molar-refractivity contribution in [2.24, 2.45) is 5.73 Å². The van der Waals surface area contributed by atoms with Crippen LogP contribution in [0.4, 0.5) is 4.39 Å². The number of aromatic nitrogens is 3. The van der Waals surface area contributed by atoms with Gasteiger partial charge in [0.1, 0.15) is 11.5 Å². The number of hydrogen-bond acceptors (Lipinski definition) is 3. The summed E-state index contributed by atoms with van der Waals surface area (Å²) in [7, 11) is 0. The molecule has 0 saturated heterocycles. The fraction of sp³-hybridized carbons (Fsp3) is 0.333. The zero-order valence-electron chi connectivity index (χ0n) is 10.4. The molecular weight excluding hydrogens is 299 g/mol. The zero-order valence-corrected chi connectivity index (χ0v) is 12.0. The highest BCUT2D eigenvalue weighted by atomic mass is 79.9. The molecule has 1 atom stereocenters. The summed E-state index contributed by atoms with van der Waals surface area (Å²) in [6.07, 6.45) is 0. The third kappa shape index (κ3) is 2.18. The summed E-state index contributed by atoms with van der Waals surface area (Å²) in [6, 6.07) is 2.98. The summed E-state index contributed by atoms with van der Waals surface area (Å²) in [5.41, 5.74) is 9.01. The second-order valence-electron chi connectivity index (χ2n) is 4.31. The third-order valence-electron chi connectivity index (χ3n) is 2.83. The predicted octanol–water partition coefficient (Wildman–Crippen LogP) is 2.81. The van der Waals surface area contributed by atoms with Crippen molar-refractivity contribution in [2.75, 3.05) is 0 Å². The van der Waals surface area contributed by atoms with Crippen molar-refractivity contribution in [1.82, 2.24) is 15.0 Å². The number of nitrogens with zero attached hydrogens (tertiary/aromatic N) is 3. The SMILES string of the molecule is Cc1cc(F)c(Br)cc1-n1nnc(C(C)N)c1C. The number of aryl methyl sites for hydroxylation is 1. The molecule has 2 aromatic rings. The second kappa shape index (κ2) is 4.78. The summed E-state index contributed by atoms with van der Waals surface area (Å²) in [4.78, 5) is 0. The first kappa shape index (κ1) is 13.2. The summed E-state index contributed by atoms with van der Waals surface area (Å²) >= 11 is 3.18. The molecule has 0 aliphatic rings. The maximum Gasteiger partial charge on any atom is 0.137 e. The van der Waals surface area contributed by atoms with Crippen molar-refractivity contribution in [2.45, 2.75) is 26.8 Å². The van der Waals surface area contributed by atoms with Crippen LogP contribution >= 0.6 is 15.9 Å². The molecule has 0 fully saturated rings. The Hall–Kier alpha value is -1.27. The van der Waals surface area contributed by atoms with Gasteiger partial charge < -0.3 is 5.73 Å². The molecule has 0 bridgehead atoms. The first-order chi connectivity index (χ1) is 8.41. The van der Waals surface area contributed by atoms with Crippen molar-refractivity contribution in [1.29, 1.82) is 0 Å². The Kier molecular flexibility index (Phi) is 3.49. The van der Waals surface area contributed by atoms with E-state index in [1.807, 2.05) is 20.8 Å². The lowest BCUT2D eigenvalue weighted by molar-refractivity contribution is 0.618. The Morgan fingerprint density at radius 1 is 1.39 bits per heavy atom. The monoisotopic (exact) mass is 312 g/mol. The molecule has 1 heterocycles. The van der Waals surface area contributed by atoms with E-state index in [0.717, 1.165) is 22.6 Å². The fourth-order valence-corrected chi connectivity index (χ4v) is 2.19. The molecule has 0 saturated carbocycles. The molecular formula is C12H14BrFN4. The topological polar surface area (TPSA) is 56.7 Å². The van der Waals surface area contributed by atoms with Crippen molar-refractivity contribution in [3.8, 4) is 5.69 Å². The van der Waals surface area contributed by atoms with Gasteiger partial charge in [-0.2, -0.15) is 0 Å². The fourth-order valence-electron chi connectivity index (χ4n) is 1.85.